The molecule has 25 heavy (non-hydrogen) atoms. The van der Waals surface area contributed by atoms with Crippen LogP contribution in [-0.2, 0) is 5.60 Å². The summed E-state index contributed by atoms with van der Waals surface area (Å²) in [4.78, 5) is 8.10. The van der Waals surface area contributed by atoms with Gasteiger partial charge in [0.15, 0.2) is 5.96 Å². The number of hydrogen-bond donors (Lipinski definition) is 3. The number of nitrogens with one attached hydrogen (secondary N) is 2. The van der Waals surface area contributed by atoms with Gasteiger partial charge in [-0.05, 0) is 64.1 Å². The van der Waals surface area contributed by atoms with Gasteiger partial charge in [0, 0.05) is 24.0 Å². The van der Waals surface area contributed by atoms with Crippen LogP contribution in [0, 0.1) is 5.92 Å². The first-order valence-electron chi connectivity index (χ1n) is 9.45. The van der Waals surface area contributed by atoms with Crippen LogP contribution in [0.1, 0.15) is 45.4 Å². The van der Waals surface area contributed by atoms with Gasteiger partial charge in [-0.3, -0.25) is 4.90 Å². The van der Waals surface area contributed by atoms with Gasteiger partial charge in [0.25, 0.3) is 0 Å². The fourth-order valence-corrected chi connectivity index (χ4v) is 3.86. The number of likely N-dealkylation sites (tertiary alicyclic amines) is 1. The summed E-state index contributed by atoms with van der Waals surface area (Å²) in [5.41, 5.74) is -0.925. The number of rotatable bonds is 7. The lowest BCUT2D eigenvalue weighted by Gasteiger charge is -2.35. The fraction of sp³-hybridized carbons (Fsp3) is 0.737. The smallest absolute Gasteiger partial charge is 0.191 e. The molecule has 2 unspecified atom stereocenters. The Kier molecular flexibility index (Phi) is 7.72. The third-order valence-corrected chi connectivity index (χ3v) is 6.07. The molecule has 2 atom stereocenters. The highest BCUT2D eigenvalue weighted by atomic mass is 32.1. The second kappa shape index (κ2) is 9.55. The van der Waals surface area contributed by atoms with E-state index in [1.807, 2.05) is 24.4 Å². The Morgan fingerprint density at radius 1 is 1.44 bits per heavy atom. The maximum Gasteiger partial charge on any atom is 0.191 e. The van der Waals surface area contributed by atoms with Crippen LogP contribution >= 0.6 is 11.3 Å². The number of aliphatic hydroxyl groups is 1. The van der Waals surface area contributed by atoms with Crippen molar-refractivity contribution in [3.63, 3.8) is 0 Å². The van der Waals surface area contributed by atoms with Crippen molar-refractivity contribution in [3.8, 4) is 0 Å². The summed E-state index contributed by atoms with van der Waals surface area (Å²) in [6.45, 7) is 12.9. The van der Waals surface area contributed by atoms with Crippen LogP contribution in [0.5, 0.6) is 0 Å². The predicted octanol–water partition coefficient (Wildman–Crippen LogP) is 2.63. The monoisotopic (exact) mass is 366 g/mol. The molecule has 1 saturated heterocycles. The van der Waals surface area contributed by atoms with Gasteiger partial charge < -0.3 is 15.7 Å². The first-order chi connectivity index (χ1) is 11.9. The van der Waals surface area contributed by atoms with Crippen molar-refractivity contribution in [2.45, 2.75) is 52.2 Å². The van der Waals surface area contributed by atoms with Crippen LogP contribution in [0.3, 0.4) is 0 Å². The molecule has 1 aliphatic rings. The van der Waals surface area contributed by atoms with E-state index in [-0.39, 0.29) is 0 Å². The minimum Gasteiger partial charge on any atom is -0.383 e. The number of nitrogens with zero attached hydrogens (tertiary/aromatic N) is 2. The second-order valence-electron chi connectivity index (χ2n) is 7.39. The Hall–Kier alpha value is -1.11. The Morgan fingerprint density at radius 3 is 2.76 bits per heavy atom. The van der Waals surface area contributed by atoms with Crippen LogP contribution in [-0.4, -0.2) is 54.7 Å². The Labute approximate surface area is 156 Å². The lowest BCUT2D eigenvalue weighted by Crippen LogP contribution is -2.48. The van der Waals surface area contributed by atoms with Gasteiger partial charge in [-0.15, -0.1) is 11.3 Å². The minimum atomic E-state index is -0.925. The highest BCUT2D eigenvalue weighted by molar-refractivity contribution is 7.10. The molecule has 0 bridgehead atoms. The molecule has 0 saturated carbocycles. The summed E-state index contributed by atoms with van der Waals surface area (Å²) in [5.74, 6) is 1.63. The molecular formula is C19H34N4OS. The molecule has 3 N–H and O–H groups in total. The number of guanidine groups is 1. The molecular weight excluding hydrogens is 332 g/mol. The van der Waals surface area contributed by atoms with Crippen LogP contribution in [0.15, 0.2) is 22.5 Å². The molecule has 1 fully saturated rings. The summed E-state index contributed by atoms with van der Waals surface area (Å²) < 4.78 is 0. The van der Waals surface area contributed by atoms with Crippen molar-refractivity contribution in [1.29, 1.82) is 0 Å². The Balaban J connectivity index is 1.87. The zero-order valence-electron chi connectivity index (χ0n) is 16.1. The largest absolute Gasteiger partial charge is 0.383 e. The molecule has 2 rings (SSSR count). The average Bonchev–Trinajstić information content (AvgIpc) is 3.13. The third kappa shape index (κ3) is 6.28. The van der Waals surface area contributed by atoms with E-state index in [9.17, 15) is 5.11 Å². The zero-order chi connectivity index (χ0) is 18.3. The highest BCUT2D eigenvalue weighted by Crippen LogP contribution is 2.25. The van der Waals surface area contributed by atoms with Crippen LogP contribution in [0.4, 0.5) is 0 Å². The maximum absolute atomic E-state index is 10.6. The normalized spacial score (nSPS) is 20.9. The lowest BCUT2D eigenvalue weighted by atomic mass is 9.98. The van der Waals surface area contributed by atoms with Crippen molar-refractivity contribution in [2.24, 2.45) is 10.9 Å². The van der Waals surface area contributed by atoms with E-state index in [0.717, 1.165) is 29.8 Å². The number of hydrogen-bond acceptors (Lipinski definition) is 4. The van der Waals surface area contributed by atoms with Gasteiger partial charge in [0.05, 0.1) is 6.54 Å². The van der Waals surface area contributed by atoms with E-state index >= 15 is 0 Å². The number of thiophene rings is 1. The van der Waals surface area contributed by atoms with Crippen LogP contribution in [0.25, 0.3) is 0 Å². The maximum atomic E-state index is 10.6. The summed E-state index contributed by atoms with van der Waals surface area (Å²) in [5, 5.41) is 19.3. The van der Waals surface area contributed by atoms with Gasteiger partial charge in [-0.2, -0.15) is 0 Å². The molecule has 1 aromatic rings. The van der Waals surface area contributed by atoms with E-state index in [1.54, 1.807) is 11.3 Å². The Morgan fingerprint density at radius 2 is 2.16 bits per heavy atom. The molecule has 0 amide bonds. The van der Waals surface area contributed by atoms with E-state index in [0.29, 0.717) is 12.6 Å². The van der Waals surface area contributed by atoms with Gasteiger partial charge in [0.2, 0.25) is 0 Å². The first-order valence-corrected chi connectivity index (χ1v) is 10.3. The SMILES string of the molecule is CCNC(=NCC(C)(O)c1cccs1)NCC(C)N1CCC(C)CC1. The van der Waals surface area contributed by atoms with Crippen molar-refractivity contribution in [1.82, 2.24) is 15.5 Å². The number of piperidine rings is 1. The molecule has 0 spiro atoms. The molecule has 5 nitrogen and oxygen atoms in total. The molecule has 142 valence electrons. The molecule has 0 aliphatic carbocycles. The topological polar surface area (TPSA) is 59.9 Å². The zero-order valence-corrected chi connectivity index (χ0v) is 16.9. The van der Waals surface area contributed by atoms with Crippen molar-refractivity contribution in [3.05, 3.63) is 22.4 Å². The minimum absolute atomic E-state index is 0.346. The van der Waals surface area contributed by atoms with E-state index < -0.39 is 5.60 Å². The van der Waals surface area contributed by atoms with Crippen molar-refractivity contribution < 1.29 is 5.11 Å². The first kappa shape index (κ1) is 20.2. The summed E-state index contributed by atoms with van der Waals surface area (Å²) >= 11 is 1.57. The van der Waals surface area contributed by atoms with E-state index in [1.165, 1.54) is 25.9 Å². The van der Waals surface area contributed by atoms with Crippen LogP contribution in [0.2, 0.25) is 0 Å². The van der Waals surface area contributed by atoms with Gasteiger partial charge >= 0.3 is 0 Å². The Bertz CT molecular complexity index is 522. The standard InChI is InChI=1S/C19H34N4OS/c1-5-20-18(22-14-19(4,24)17-7-6-12-25-17)21-13-16(3)23-10-8-15(2)9-11-23/h6-7,12,15-16,24H,5,8-11,13-14H2,1-4H3,(H2,20,21,22). The van der Waals surface area contributed by atoms with Gasteiger partial charge in [-0.1, -0.05) is 13.0 Å². The van der Waals surface area contributed by atoms with Gasteiger partial charge in [-0.25, -0.2) is 4.99 Å². The predicted molar refractivity (Wildman–Crippen MR) is 107 cm³/mol. The number of aliphatic imine (C=N–C) groups is 1. The van der Waals surface area contributed by atoms with Crippen molar-refractivity contribution >= 4 is 17.3 Å². The second-order valence-corrected chi connectivity index (χ2v) is 8.34. The molecule has 6 heteroatoms. The van der Waals surface area contributed by atoms with Crippen LogP contribution < -0.4 is 10.6 Å². The fourth-order valence-electron chi connectivity index (χ4n) is 3.08. The quantitative estimate of drug-likeness (QED) is 0.513. The summed E-state index contributed by atoms with van der Waals surface area (Å²) in [6, 6.07) is 4.40. The third-order valence-electron chi connectivity index (χ3n) is 4.95. The molecule has 2 heterocycles. The van der Waals surface area contributed by atoms with Crippen molar-refractivity contribution in [2.75, 3.05) is 32.7 Å². The highest BCUT2D eigenvalue weighted by Gasteiger charge is 2.24. The molecule has 1 aromatic heterocycles. The lowest BCUT2D eigenvalue weighted by molar-refractivity contribution is 0.0711. The van der Waals surface area contributed by atoms with E-state index in [4.69, 9.17) is 0 Å². The van der Waals surface area contributed by atoms with E-state index in [2.05, 4.69) is 41.3 Å². The summed E-state index contributed by atoms with van der Waals surface area (Å²) in [6.07, 6.45) is 2.59. The summed E-state index contributed by atoms with van der Waals surface area (Å²) in [7, 11) is 0. The van der Waals surface area contributed by atoms with Gasteiger partial charge in [0.1, 0.15) is 5.60 Å². The molecule has 1 aliphatic heterocycles. The average molecular weight is 367 g/mol. The molecule has 0 aromatic carbocycles. The molecule has 0 radical (unpaired) electrons.